The van der Waals surface area contributed by atoms with Crippen LogP contribution in [0.3, 0.4) is 0 Å². The van der Waals surface area contributed by atoms with Gasteiger partial charge in [-0.15, -0.1) is 0 Å². The smallest absolute Gasteiger partial charge is 0.132 e. The minimum atomic E-state index is -0.0334. The van der Waals surface area contributed by atoms with Crippen LogP contribution in [-0.4, -0.2) is 14.9 Å². The molecule has 0 amide bonds. The Kier molecular flexibility index (Phi) is 3.12. The Morgan fingerprint density at radius 1 is 1.58 bits per heavy atom. The molecule has 4 heteroatoms. The molecule has 0 atom stereocenters. The maximum absolute atomic E-state index is 8.94. The van der Waals surface area contributed by atoms with Gasteiger partial charge in [-0.25, -0.2) is 0 Å². The number of aliphatic hydroxyl groups excluding tert-OH is 1. The summed E-state index contributed by atoms with van der Waals surface area (Å²) in [6.07, 6.45) is 0.992. The number of hydrogen-bond acceptors (Lipinski definition) is 2. The molecule has 3 nitrogen and oxygen atoms in total. The fraction of sp³-hybridized carbons (Fsp3) is 0.625. The second kappa shape index (κ2) is 3.92. The molecule has 0 unspecified atom stereocenters. The van der Waals surface area contributed by atoms with Crippen LogP contribution in [0.4, 0.5) is 0 Å². The average Bonchev–Trinajstić information content (AvgIpc) is 2.29. The third-order valence-electron chi connectivity index (χ3n) is 1.78. The molecular formula is C8H13ClN2O. The van der Waals surface area contributed by atoms with Gasteiger partial charge in [0.1, 0.15) is 5.15 Å². The van der Waals surface area contributed by atoms with Gasteiger partial charge in [0.25, 0.3) is 0 Å². The van der Waals surface area contributed by atoms with E-state index in [9.17, 15) is 0 Å². The summed E-state index contributed by atoms with van der Waals surface area (Å²) in [6.45, 7) is 4.68. The molecule has 0 bridgehead atoms. The molecule has 1 N–H and O–H groups in total. The van der Waals surface area contributed by atoms with E-state index in [1.807, 2.05) is 6.92 Å². The molecule has 0 saturated heterocycles. The van der Waals surface area contributed by atoms with Crippen LogP contribution in [0.5, 0.6) is 0 Å². The standard InChI is InChI=1S/C8H13ClN2O/c1-3-4-11-8(9)7(5-12)6(2)10-11/h12H,3-5H2,1-2H3. The molecule has 68 valence electrons. The van der Waals surface area contributed by atoms with Crippen molar-refractivity contribution < 1.29 is 5.11 Å². The quantitative estimate of drug-likeness (QED) is 0.785. The van der Waals surface area contributed by atoms with Crippen molar-refractivity contribution in [2.24, 2.45) is 0 Å². The number of aryl methyl sites for hydroxylation is 2. The molecule has 1 rings (SSSR count). The van der Waals surface area contributed by atoms with Gasteiger partial charge < -0.3 is 5.11 Å². The van der Waals surface area contributed by atoms with Crippen molar-refractivity contribution in [2.75, 3.05) is 0 Å². The van der Waals surface area contributed by atoms with E-state index in [0.717, 1.165) is 24.2 Å². The molecule has 12 heavy (non-hydrogen) atoms. The van der Waals surface area contributed by atoms with E-state index in [1.165, 1.54) is 0 Å². The predicted molar refractivity (Wildman–Crippen MR) is 48.2 cm³/mol. The van der Waals surface area contributed by atoms with Crippen molar-refractivity contribution in [1.29, 1.82) is 0 Å². The molecule has 1 heterocycles. The van der Waals surface area contributed by atoms with E-state index in [1.54, 1.807) is 4.68 Å². The molecule has 1 aromatic rings. The Morgan fingerprint density at radius 3 is 2.67 bits per heavy atom. The summed E-state index contributed by atoms with van der Waals surface area (Å²) in [7, 11) is 0. The van der Waals surface area contributed by atoms with E-state index in [4.69, 9.17) is 16.7 Å². The van der Waals surface area contributed by atoms with Crippen LogP contribution in [0, 0.1) is 6.92 Å². The Balaban J connectivity index is 3.00. The second-order valence-electron chi connectivity index (χ2n) is 2.74. The van der Waals surface area contributed by atoms with Crippen LogP contribution in [-0.2, 0) is 13.2 Å². The van der Waals surface area contributed by atoms with E-state index < -0.39 is 0 Å². The summed E-state index contributed by atoms with van der Waals surface area (Å²) in [5.41, 5.74) is 1.56. The first-order chi connectivity index (χ1) is 5.70. The molecule has 0 aliphatic rings. The minimum Gasteiger partial charge on any atom is -0.391 e. The van der Waals surface area contributed by atoms with Gasteiger partial charge in [-0.05, 0) is 13.3 Å². The first-order valence-electron chi connectivity index (χ1n) is 4.03. The maximum Gasteiger partial charge on any atom is 0.132 e. The van der Waals surface area contributed by atoms with Crippen molar-refractivity contribution in [3.63, 3.8) is 0 Å². The lowest BCUT2D eigenvalue weighted by Crippen LogP contribution is -1.98. The Hall–Kier alpha value is -0.540. The van der Waals surface area contributed by atoms with Crippen molar-refractivity contribution in [2.45, 2.75) is 33.4 Å². The summed E-state index contributed by atoms with van der Waals surface area (Å²) in [6, 6.07) is 0. The summed E-state index contributed by atoms with van der Waals surface area (Å²) < 4.78 is 1.72. The Labute approximate surface area is 77.0 Å². The van der Waals surface area contributed by atoms with Crippen molar-refractivity contribution in [3.05, 3.63) is 16.4 Å². The number of rotatable bonds is 3. The molecule has 0 aromatic carbocycles. The highest BCUT2D eigenvalue weighted by molar-refractivity contribution is 6.30. The topological polar surface area (TPSA) is 38.0 Å². The van der Waals surface area contributed by atoms with Gasteiger partial charge >= 0.3 is 0 Å². The molecule has 1 aromatic heterocycles. The molecule has 0 radical (unpaired) electrons. The van der Waals surface area contributed by atoms with Crippen LogP contribution in [0.25, 0.3) is 0 Å². The van der Waals surface area contributed by atoms with Crippen LogP contribution >= 0.6 is 11.6 Å². The molecular weight excluding hydrogens is 176 g/mol. The van der Waals surface area contributed by atoms with Gasteiger partial charge in [0, 0.05) is 12.1 Å². The van der Waals surface area contributed by atoms with Gasteiger partial charge in [0.05, 0.1) is 12.3 Å². The van der Waals surface area contributed by atoms with Gasteiger partial charge in [-0.3, -0.25) is 4.68 Å². The molecule has 0 aliphatic carbocycles. The monoisotopic (exact) mass is 188 g/mol. The number of hydrogen-bond donors (Lipinski definition) is 1. The lowest BCUT2D eigenvalue weighted by Gasteiger charge is -1.98. The lowest BCUT2D eigenvalue weighted by atomic mass is 10.3. The Bertz CT molecular complexity index is 270. The van der Waals surface area contributed by atoms with Crippen LogP contribution in [0.15, 0.2) is 0 Å². The first kappa shape index (κ1) is 9.55. The van der Waals surface area contributed by atoms with E-state index in [-0.39, 0.29) is 6.61 Å². The van der Waals surface area contributed by atoms with E-state index >= 15 is 0 Å². The largest absolute Gasteiger partial charge is 0.391 e. The summed E-state index contributed by atoms with van der Waals surface area (Å²) in [5, 5.41) is 13.7. The summed E-state index contributed by atoms with van der Waals surface area (Å²) in [4.78, 5) is 0. The fourth-order valence-electron chi connectivity index (χ4n) is 1.13. The van der Waals surface area contributed by atoms with Gasteiger partial charge in [0.2, 0.25) is 0 Å². The third-order valence-corrected chi connectivity index (χ3v) is 2.20. The third kappa shape index (κ3) is 1.62. The number of nitrogens with zero attached hydrogens (tertiary/aromatic N) is 2. The zero-order valence-corrected chi connectivity index (χ0v) is 8.10. The normalized spacial score (nSPS) is 10.7. The van der Waals surface area contributed by atoms with Gasteiger partial charge in [0.15, 0.2) is 0 Å². The zero-order valence-electron chi connectivity index (χ0n) is 7.34. The average molecular weight is 189 g/mol. The lowest BCUT2D eigenvalue weighted by molar-refractivity contribution is 0.281. The SMILES string of the molecule is CCCn1nc(C)c(CO)c1Cl. The number of aromatic nitrogens is 2. The highest BCUT2D eigenvalue weighted by Crippen LogP contribution is 2.19. The fourth-order valence-corrected chi connectivity index (χ4v) is 1.45. The molecule has 0 fully saturated rings. The predicted octanol–water partition coefficient (Wildman–Crippen LogP) is 1.75. The highest BCUT2D eigenvalue weighted by atomic mass is 35.5. The summed E-state index contributed by atoms with van der Waals surface area (Å²) >= 11 is 5.95. The van der Waals surface area contributed by atoms with Crippen LogP contribution < -0.4 is 0 Å². The van der Waals surface area contributed by atoms with Gasteiger partial charge in [-0.1, -0.05) is 18.5 Å². The van der Waals surface area contributed by atoms with E-state index in [2.05, 4.69) is 12.0 Å². The van der Waals surface area contributed by atoms with Crippen molar-refractivity contribution in [1.82, 2.24) is 9.78 Å². The molecule has 0 aliphatic heterocycles. The maximum atomic E-state index is 8.94. The molecule has 0 spiro atoms. The zero-order chi connectivity index (χ0) is 9.14. The van der Waals surface area contributed by atoms with E-state index in [0.29, 0.717) is 5.15 Å². The minimum absolute atomic E-state index is 0.0334. The van der Waals surface area contributed by atoms with Crippen LogP contribution in [0.1, 0.15) is 24.6 Å². The Morgan fingerprint density at radius 2 is 2.25 bits per heavy atom. The first-order valence-corrected chi connectivity index (χ1v) is 4.41. The number of halogens is 1. The highest BCUT2D eigenvalue weighted by Gasteiger charge is 2.10. The second-order valence-corrected chi connectivity index (χ2v) is 3.09. The van der Waals surface area contributed by atoms with Crippen molar-refractivity contribution >= 4 is 11.6 Å². The number of aliphatic hydroxyl groups is 1. The van der Waals surface area contributed by atoms with Crippen LogP contribution in [0.2, 0.25) is 5.15 Å². The van der Waals surface area contributed by atoms with Gasteiger partial charge in [-0.2, -0.15) is 5.10 Å². The summed E-state index contributed by atoms with van der Waals surface area (Å²) in [5.74, 6) is 0. The van der Waals surface area contributed by atoms with Crippen molar-refractivity contribution in [3.8, 4) is 0 Å². The molecule has 0 saturated carbocycles.